The number of aliphatic hydroxyl groups excluding tert-OH is 1. The van der Waals surface area contributed by atoms with Gasteiger partial charge in [0.1, 0.15) is 11.8 Å². The monoisotopic (exact) mass is 365 g/mol. The van der Waals surface area contributed by atoms with E-state index in [2.05, 4.69) is 39.7 Å². The summed E-state index contributed by atoms with van der Waals surface area (Å²) in [6, 6.07) is 12.4. The third kappa shape index (κ3) is 2.74. The van der Waals surface area contributed by atoms with Gasteiger partial charge in [0, 0.05) is 35.1 Å². The standard InChI is InChI=1S/C19H19N5OS/c25-16(18-9-13-3-1-2-4-17(13)26-18)12-23-7-6-21-19(23)15-10-14-11-20-5-8-24(14)22-15/h1-4,6-7,9-10,16,20,25H,5,8,11-12H2/t16-/m0/s1. The highest BCUT2D eigenvalue weighted by atomic mass is 32.1. The van der Waals surface area contributed by atoms with Gasteiger partial charge < -0.3 is 15.0 Å². The first kappa shape index (κ1) is 15.7. The van der Waals surface area contributed by atoms with E-state index in [0.29, 0.717) is 6.54 Å². The van der Waals surface area contributed by atoms with Crippen molar-refractivity contribution in [3.63, 3.8) is 0 Å². The highest BCUT2D eigenvalue weighted by molar-refractivity contribution is 7.19. The maximum absolute atomic E-state index is 10.8. The Morgan fingerprint density at radius 1 is 1.27 bits per heavy atom. The summed E-state index contributed by atoms with van der Waals surface area (Å²) in [5.41, 5.74) is 2.03. The van der Waals surface area contributed by atoms with E-state index in [0.717, 1.165) is 36.0 Å². The van der Waals surface area contributed by atoms with Crippen molar-refractivity contribution < 1.29 is 5.11 Å². The van der Waals surface area contributed by atoms with Crippen molar-refractivity contribution in [1.82, 2.24) is 24.6 Å². The van der Waals surface area contributed by atoms with Crippen molar-refractivity contribution in [2.45, 2.75) is 25.7 Å². The molecule has 132 valence electrons. The van der Waals surface area contributed by atoms with Gasteiger partial charge in [-0.1, -0.05) is 18.2 Å². The summed E-state index contributed by atoms with van der Waals surface area (Å²) >= 11 is 1.64. The zero-order valence-corrected chi connectivity index (χ0v) is 15.0. The number of hydrogen-bond donors (Lipinski definition) is 2. The number of nitrogens with one attached hydrogen (secondary N) is 1. The van der Waals surface area contributed by atoms with Crippen LogP contribution in [0.2, 0.25) is 0 Å². The average molecular weight is 365 g/mol. The summed E-state index contributed by atoms with van der Waals surface area (Å²) in [6.45, 7) is 3.11. The van der Waals surface area contributed by atoms with Crippen LogP contribution in [-0.2, 0) is 19.6 Å². The van der Waals surface area contributed by atoms with E-state index in [1.165, 1.54) is 15.8 Å². The molecule has 1 aliphatic rings. The van der Waals surface area contributed by atoms with Crippen LogP contribution in [0.25, 0.3) is 21.6 Å². The van der Waals surface area contributed by atoms with Crippen molar-refractivity contribution in [1.29, 1.82) is 0 Å². The second-order valence-electron chi connectivity index (χ2n) is 6.53. The summed E-state index contributed by atoms with van der Waals surface area (Å²) in [5, 5.41) is 20.0. The third-order valence-electron chi connectivity index (χ3n) is 4.76. The van der Waals surface area contributed by atoms with Crippen LogP contribution in [0.4, 0.5) is 0 Å². The third-order valence-corrected chi connectivity index (χ3v) is 5.97. The number of thiophene rings is 1. The first-order valence-electron chi connectivity index (χ1n) is 8.73. The van der Waals surface area contributed by atoms with Gasteiger partial charge >= 0.3 is 0 Å². The van der Waals surface area contributed by atoms with E-state index < -0.39 is 6.10 Å². The van der Waals surface area contributed by atoms with Crippen LogP contribution in [0.1, 0.15) is 16.7 Å². The van der Waals surface area contributed by atoms with E-state index in [-0.39, 0.29) is 0 Å². The van der Waals surface area contributed by atoms with Gasteiger partial charge in [-0.15, -0.1) is 11.3 Å². The SMILES string of the molecule is O[C@@H](Cn1ccnc1-c1cc2n(n1)CCNC2)c1cc2ccccc2s1. The number of aromatic nitrogens is 4. The molecule has 1 atom stereocenters. The smallest absolute Gasteiger partial charge is 0.160 e. The maximum atomic E-state index is 10.8. The zero-order valence-electron chi connectivity index (χ0n) is 14.2. The Balaban J connectivity index is 1.43. The molecule has 0 radical (unpaired) electrons. The Morgan fingerprint density at radius 3 is 3.08 bits per heavy atom. The largest absolute Gasteiger partial charge is 0.386 e. The molecule has 0 bridgehead atoms. The molecule has 1 aliphatic heterocycles. The fourth-order valence-electron chi connectivity index (χ4n) is 3.43. The van der Waals surface area contributed by atoms with Crippen LogP contribution in [0.15, 0.2) is 48.8 Å². The van der Waals surface area contributed by atoms with Gasteiger partial charge in [-0.25, -0.2) is 4.98 Å². The molecule has 26 heavy (non-hydrogen) atoms. The number of aliphatic hydroxyl groups is 1. The number of benzene rings is 1. The molecule has 3 aromatic heterocycles. The normalized spacial score (nSPS) is 15.3. The fourth-order valence-corrected chi connectivity index (χ4v) is 4.48. The Bertz CT molecular complexity index is 1010. The summed E-state index contributed by atoms with van der Waals surface area (Å²) in [7, 11) is 0. The molecule has 5 rings (SSSR count). The highest BCUT2D eigenvalue weighted by Crippen LogP contribution is 2.31. The molecule has 2 N–H and O–H groups in total. The summed E-state index contributed by atoms with van der Waals surface area (Å²) < 4.78 is 5.21. The molecule has 4 heterocycles. The Kier molecular flexibility index (Phi) is 3.85. The lowest BCUT2D eigenvalue weighted by Gasteiger charge is -2.13. The van der Waals surface area contributed by atoms with Crippen molar-refractivity contribution in [2.75, 3.05) is 6.54 Å². The molecule has 0 saturated carbocycles. The van der Waals surface area contributed by atoms with E-state index in [9.17, 15) is 5.11 Å². The minimum atomic E-state index is -0.570. The van der Waals surface area contributed by atoms with E-state index in [1.54, 1.807) is 17.5 Å². The number of nitrogens with zero attached hydrogens (tertiary/aromatic N) is 4. The minimum absolute atomic E-state index is 0.461. The molecule has 0 aliphatic carbocycles. The topological polar surface area (TPSA) is 67.9 Å². The van der Waals surface area contributed by atoms with Crippen molar-refractivity contribution in [2.24, 2.45) is 0 Å². The molecule has 1 aromatic carbocycles. The molecular weight excluding hydrogens is 346 g/mol. The van der Waals surface area contributed by atoms with Crippen LogP contribution in [0.3, 0.4) is 0 Å². The van der Waals surface area contributed by atoms with Crippen LogP contribution in [0.5, 0.6) is 0 Å². The molecule has 0 spiro atoms. The molecule has 7 heteroatoms. The predicted octanol–water partition coefficient (Wildman–Crippen LogP) is 2.80. The Morgan fingerprint density at radius 2 is 2.19 bits per heavy atom. The van der Waals surface area contributed by atoms with Crippen molar-refractivity contribution in [3.05, 3.63) is 59.4 Å². The van der Waals surface area contributed by atoms with Crippen molar-refractivity contribution >= 4 is 21.4 Å². The summed E-state index contributed by atoms with van der Waals surface area (Å²) in [5.74, 6) is 0.798. The summed E-state index contributed by atoms with van der Waals surface area (Å²) in [4.78, 5) is 5.45. The number of imidazole rings is 1. The second kappa shape index (κ2) is 6.35. The number of hydrogen-bond acceptors (Lipinski definition) is 5. The molecule has 0 saturated heterocycles. The first-order chi connectivity index (χ1) is 12.8. The van der Waals surface area contributed by atoms with Gasteiger partial charge in [0.2, 0.25) is 0 Å². The molecule has 0 fully saturated rings. The molecule has 0 amide bonds. The van der Waals surface area contributed by atoms with Crippen LogP contribution < -0.4 is 5.32 Å². The lowest BCUT2D eigenvalue weighted by atomic mass is 10.2. The Labute approximate surface area is 154 Å². The fraction of sp³-hybridized carbons (Fsp3) is 0.263. The van der Waals surface area contributed by atoms with Crippen LogP contribution in [-0.4, -0.2) is 31.0 Å². The van der Waals surface area contributed by atoms with E-state index in [1.807, 2.05) is 27.6 Å². The summed E-state index contributed by atoms with van der Waals surface area (Å²) in [6.07, 6.45) is 3.10. The molecule has 4 aromatic rings. The van der Waals surface area contributed by atoms with Gasteiger partial charge in [0.25, 0.3) is 0 Å². The number of rotatable bonds is 4. The van der Waals surface area contributed by atoms with Crippen LogP contribution in [0, 0.1) is 0 Å². The lowest BCUT2D eigenvalue weighted by Crippen LogP contribution is -2.28. The molecular formula is C19H19N5OS. The van der Waals surface area contributed by atoms with E-state index in [4.69, 9.17) is 0 Å². The lowest BCUT2D eigenvalue weighted by molar-refractivity contribution is 0.161. The van der Waals surface area contributed by atoms with Gasteiger partial charge in [0.05, 0.1) is 18.8 Å². The number of fused-ring (bicyclic) bond motifs is 2. The minimum Gasteiger partial charge on any atom is -0.386 e. The highest BCUT2D eigenvalue weighted by Gasteiger charge is 2.18. The van der Waals surface area contributed by atoms with Crippen LogP contribution >= 0.6 is 11.3 Å². The zero-order chi connectivity index (χ0) is 17.5. The quantitative estimate of drug-likeness (QED) is 0.584. The van der Waals surface area contributed by atoms with Gasteiger partial charge in [-0.2, -0.15) is 5.10 Å². The Hall–Kier alpha value is -2.48. The van der Waals surface area contributed by atoms with Gasteiger partial charge in [0.15, 0.2) is 5.82 Å². The first-order valence-corrected chi connectivity index (χ1v) is 9.55. The second-order valence-corrected chi connectivity index (χ2v) is 7.64. The van der Waals surface area contributed by atoms with Crippen molar-refractivity contribution in [3.8, 4) is 11.5 Å². The van der Waals surface area contributed by atoms with Gasteiger partial charge in [-0.05, 0) is 23.6 Å². The average Bonchev–Trinajstić information content (AvgIpc) is 3.38. The molecule has 6 nitrogen and oxygen atoms in total. The predicted molar refractivity (Wildman–Crippen MR) is 102 cm³/mol. The van der Waals surface area contributed by atoms with Gasteiger partial charge in [-0.3, -0.25) is 4.68 Å². The maximum Gasteiger partial charge on any atom is 0.160 e. The van der Waals surface area contributed by atoms with E-state index >= 15 is 0 Å². The molecule has 0 unspecified atom stereocenters.